The van der Waals surface area contributed by atoms with Crippen LogP contribution in [0.15, 0.2) is 12.1 Å². The van der Waals surface area contributed by atoms with E-state index in [1.54, 1.807) is 12.1 Å². The fourth-order valence-electron chi connectivity index (χ4n) is 0.846. The van der Waals surface area contributed by atoms with Gasteiger partial charge in [0.1, 0.15) is 5.75 Å². The normalized spacial score (nSPS) is 10.1. The van der Waals surface area contributed by atoms with Gasteiger partial charge in [0.2, 0.25) is 0 Å². The highest BCUT2D eigenvalue weighted by molar-refractivity contribution is 6.37. The molecule has 13 heavy (non-hydrogen) atoms. The first-order chi connectivity index (χ1) is 6.15. The highest BCUT2D eigenvalue weighted by atomic mass is 35.5. The van der Waals surface area contributed by atoms with Gasteiger partial charge in [-0.2, -0.15) is 0 Å². The van der Waals surface area contributed by atoms with Gasteiger partial charge in [-0.05, 0) is 6.42 Å². The number of phenols is 1. The lowest BCUT2D eigenvalue weighted by molar-refractivity contribution is 0.317. The van der Waals surface area contributed by atoms with Crippen LogP contribution in [0.25, 0.3) is 0 Å². The zero-order chi connectivity index (χ0) is 9.84. The summed E-state index contributed by atoms with van der Waals surface area (Å²) in [6, 6.07) is 3.08. The molecular weight excluding hydrogens is 211 g/mol. The molecule has 0 atom stereocenters. The number of halogens is 2. The van der Waals surface area contributed by atoms with Crippen molar-refractivity contribution in [1.29, 1.82) is 0 Å². The number of ether oxygens (including phenoxy) is 1. The third-order valence-corrected chi connectivity index (χ3v) is 2.04. The summed E-state index contributed by atoms with van der Waals surface area (Å²) in [4.78, 5) is 0. The van der Waals surface area contributed by atoms with E-state index < -0.39 is 0 Å². The van der Waals surface area contributed by atoms with Gasteiger partial charge in [0.15, 0.2) is 5.75 Å². The van der Waals surface area contributed by atoms with Crippen LogP contribution in [0.3, 0.4) is 0 Å². The molecule has 1 aromatic rings. The van der Waals surface area contributed by atoms with Crippen molar-refractivity contribution < 1.29 is 9.84 Å². The standard InChI is InChI=1S/C9H10Cl2O2/c1-2-3-13-6-4-7(10)9(12)8(11)5-6/h4-5,12H,2-3H2,1H3. The summed E-state index contributed by atoms with van der Waals surface area (Å²) >= 11 is 11.4. The van der Waals surface area contributed by atoms with Crippen LogP contribution in [0.4, 0.5) is 0 Å². The molecule has 0 bridgehead atoms. The highest BCUT2D eigenvalue weighted by Gasteiger charge is 2.06. The Labute approximate surface area is 87.0 Å². The molecule has 4 heteroatoms. The second-order valence-electron chi connectivity index (χ2n) is 2.58. The largest absolute Gasteiger partial charge is 0.505 e. The van der Waals surface area contributed by atoms with Crippen LogP contribution >= 0.6 is 23.2 Å². The van der Waals surface area contributed by atoms with Crippen LogP contribution in [0, 0.1) is 0 Å². The fraction of sp³-hybridized carbons (Fsp3) is 0.333. The maximum atomic E-state index is 9.24. The number of benzene rings is 1. The Balaban J connectivity index is 2.86. The number of hydrogen-bond donors (Lipinski definition) is 1. The molecular formula is C9H10Cl2O2. The molecule has 0 saturated carbocycles. The van der Waals surface area contributed by atoms with Gasteiger partial charge in [-0.1, -0.05) is 30.1 Å². The number of phenolic OH excluding ortho intramolecular Hbond substituents is 1. The molecule has 0 radical (unpaired) electrons. The maximum Gasteiger partial charge on any atom is 0.153 e. The second-order valence-corrected chi connectivity index (χ2v) is 3.40. The monoisotopic (exact) mass is 220 g/mol. The van der Waals surface area contributed by atoms with E-state index in [0.717, 1.165) is 6.42 Å². The van der Waals surface area contributed by atoms with Crippen LogP contribution < -0.4 is 4.74 Å². The molecule has 0 amide bonds. The van der Waals surface area contributed by atoms with Crippen molar-refractivity contribution in [1.82, 2.24) is 0 Å². The van der Waals surface area contributed by atoms with Crippen LogP contribution in [-0.4, -0.2) is 11.7 Å². The van der Waals surface area contributed by atoms with Crippen LogP contribution in [0.2, 0.25) is 10.0 Å². The Kier molecular flexibility index (Phi) is 3.70. The number of rotatable bonds is 3. The van der Waals surface area contributed by atoms with E-state index in [4.69, 9.17) is 27.9 Å². The predicted molar refractivity (Wildman–Crippen MR) is 53.9 cm³/mol. The maximum absolute atomic E-state index is 9.24. The molecule has 2 nitrogen and oxygen atoms in total. The topological polar surface area (TPSA) is 29.5 Å². The molecule has 0 spiro atoms. The summed E-state index contributed by atoms with van der Waals surface area (Å²) in [5.74, 6) is 0.474. The van der Waals surface area contributed by atoms with Crippen molar-refractivity contribution in [3.05, 3.63) is 22.2 Å². The van der Waals surface area contributed by atoms with Crippen molar-refractivity contribution in [3.8, 4) is 11.5 Å². The Morgan fingerprint density at radius 3 is 2.31 bits per heavy atom. The molecule has 1 N–H and O–H groups in total. The molecule has 72 valence electrons. The second kappa shape index (κ2) is 4.58. The minimum absolute atomic E-state index is 0.104. The van der Waals surface area contributed by atoms with Gasteiger partial charge < -0.3 is 9.84 Å². The van der Waals surface area contributed by atoms with Crippen molar-refractivity contribution in [2.75, 3.05) is 6.61 Å². The zero-order valence-electron chi connectivity index (χ0n) is 7.18. The molecule has 0 aliphatic rings. The Morgan fingerprint density at radius 1 is 1.31 bits per heavy atom. The average Bonchev–Trinajstić information content (AvgIpc) is 2.10. The minimum Gasteiger partial charge on any atom is -0.505 e. The van der Waals surface area contributed by atoms with E-state index in [9.17, 15) is 5.11 Å². The van der Waals surface area contributed by atoms with E-state index in [1.165, 1.54) is 0 Å². The Hall–Kier alpha value is -0.600. The van der Waals surface area contributed by atoms with Gasteiger partial charge in [0.05, 0.1) is 16.7 Å². The summed E-state index contributed by atoms with van der Waals surface area (Å²) in [6.45, 7) is 2.61. The molecule has 0 saturated heterocycles. The first-order valence-corrected chi connectivity index (χ1v) is 4.71. The molecule has 0 unspecified atom stereocenters. The first kappa shape index (κ1) is 10.5. The van der Waals surface area contributed by atoms with Gasteiger partial charge in [-0.3, -0.25) is 0 Å². The van der Waals surface area contributed by atoms with Crippen LogP contribution in [0.1, 0.15) is 13.3 Å². The van der Waals surface area contributed by atoms with Crippen molar-refractivity contribution in [2.45, 2.75) is 13.3 Å². The van der Waals surface area contributed by atoms with Gasteiger partial charge in [0, 0.05) is 12.1 Å². The third kappa shape index (κ3) is 2.68. The molecule has 1 rings (SSSR count). The van der Waals surface area contributed by atoms with Crippen molar-refractivity contribution >= 4 is 23.2 Å². The summed E-state index contributed by atoms with van der Waals surface area (Å²) in [7, 11) is 0. The molecule has 0 fully saturated rings. The third-order valence-electron chi connectivity index (χ3n) is 1.46. The van der Waals surface area contributed by atoms with E-state index in [1.807, 2.05) is 6.92 Å². The lowest BCUT2D eigenvalue weighted by Gasteiger charge is -2.06. The van der Waals surface area contributed by atoms with Gasteiger partial charge >= 0.3 is 0 Å². The van der Waals surface area contributed by atoms with Crippen LogP contribution in [0.5, 0.6) is 11.5 Å². The van der Waals surface area contributed by atoms with Crippen molar-refractivity contribution in [3.63, 3.8) is 0 Å². The fourth-order valence-corrected chi connectivity index (χ4v) is 1.31. The van der Waals surface area contributed by atoms with Gasteiger partial charge in [-0.15, -0.1) is 0 Å². The first-order valence-electron chi connectivity index (χ1n) is 3.96. The van der Waals surface area contributed by atoms with Crippen molar-refractivity contribution in [2.24, 2.45) is 0 Å². The van der Waals surface area contributed by atoms with E-state index in [-0.39, 0.29) is 15.8 Å². The SMILES string of the molecule is CCCOc1cc(Cl)c(O)c(Cl)c1. The van der Waals surface area contributed by atoms with Gasteiger partial charge in [-0.25, -0.2) is 0 Å². The smallest absolute Gasteiger partial charge is 0.153 e. The molecule has 0 aromatic heterocycles. The van der Waals surface area contributed by atoms with E-state index >= 15 is 0 Å². The minimum atomic E-state index is -0.104. The quantitative estimate of drug-likeness (QED) is 0.846. The Bertz CT molecular complexity index is 277. The van der Waals surface area contributed by atoms with E-state index in [2.05, 4.69) is 0 Å². The predicted octanol–water partition coefficient (Wildman–Crippen LogP) is 3.49. The van der Waals surface area contributed by atoms with Crippen LogP contribution in [-0.2, 0) is 0 Å². The van der Waals surface area contributed by atoms with E-state index in [0.29, 0.717) is 12.4 Å². The summed E-state index contributed by atoms with van der Waals surface area (Å²) in [6.07, 6.45) is 0.913. The summed E-state index contributed by atoms with van der Waals surface area (Å²) < 4.78 is 5.29. The molecule has 0 aliphatic heterocycles. The summed E-state index contributed by atoms with van der Waals surface area (Å²) in [5.41, 5.74) is 0. The lowest BCUT2D eigenvalue weighted by Crippen LogP contribution is -1.94. The molecule has 0 aliphatic carbocycles. The zero-order valence-corrected chi connectivity index (χ0v) is 8.69. The summed E-state index contributed by atoms with van der Waals surface area (Å²) in [5, 5.41) is 9.65. The lowest BCUT2D eigenvalue weighted by atomic mass is 10.3. The average molecular weight is 221 g/mol. The number of hydrogen-bond acceptors (Lipinski definition) is 2. The van der Waals surface area contributed by atoms with Gasteiger partial charge in [0.25, 0.3) is 0 Å². The highest BCUT2D eigenvalue weighted by Crippen LogP contribution is 2.35. The molecule has 0 heterocycles. The molecule has 1 aromatic carbocycles. The number of aromatic hydroxyl groups is 1. The Morgan fingerprint density at radius 2 is 1.85 bits per heavy atom.